The number of hydrogen-bond donors (Lipinski definition) is 1. The quantitative estimate of drug-likeness (QED) is 0.754. The molecule has 2 heterocycles. The van der Waals surface area contributed by atoms with Gasteiger partial charge in [-0.05, 0) is 23.3 Å². The Balaban J connectivity index is 1.99. The number of nitrogen functional groups attached to an aromatic ring is 1. The van der Waals surface area contributed by atoms with Crippen molar-refractivity contribution in [2.75, 3.05) is 10.6 Å². The molecule has 0 bridgehead atoms. The van der Waals surface area contributed by atoms with Gasteiger partial charge < -0.3 is 15.2 Å². The van der Waals surface area contributed by atoms with E-state index in [2.05, 4.69) is 4.98 Å². The molecule has 18 heavy (non-hydrogen) atoms. The van der Waals surface area contributed by atoms with Gasteiger partial charge in [0.25, 0.3) is 5.56 Å². The highest BCUT2D eigenvalue weighted by Gasteiger charge is 2.22. The number of nitrogens with two attached hydrogens (primary N) is 1. The number of benzene rings is 1. The lowest BCUT2D eigenvalue weighted by molar-refractivity contribution is 0.785. The van der Waals surface area contributed by atoms with E-state index in [1.54, 1.807) is 24.0 Å². The number of hydrogen-bond acceptors (Lipinski definition) is 4. The van der Waals surface area contributed by atoms with Crippen LogP contribution in [0.2, 0.25) is 0 Å². The molecule has 1 aromatic carbocycles. The summed E-state index contributed by atoms with van der Waals surface area (Å²) in [5, 5.41) is 0. The standard InChI is InChI=1S/C13H14N4O/c1-16-5-4-15-12(13(16)18)17-7-9-2-3-11(14)6-10(9)8-17/h2-6H,7-8,14H2,1H3. The normalized spacial score (nSPS) is 13.7. The summed E-state index contributed by atoms with van der Waals surface area (Å²) in [6.45, 7) is 1.40. The molecule has 0 fully saturated rings. The van der Waals surface area contributed by atoms with Crippen molar-refractivity contribution in [2.24, 2.45) is 7.05 Å². The predicted molar refractivity (Wildman–Crippen MR) is 70.2 cm³/mol. The molecule has 0 aliphatic carbocycles. The minimum Gasteiger partial charge on any atom is -0.399 e. The summed E-state index contributed by atoms with van der Waals surface area (Å²) in [6, 6.07) is 5.86. The van der Waals surface area contributed by atoms with Crippen molar-refractivity contribution >= 4 is 11.5 Å². The maximum atomic E-state index is 12.0. The summed E-state index contributed by atoms with van der Waals surface area (Å²) in [5.41, 5.74) is 8.83. The minimum atomic E-state index is -0.0710. The van der Waals surface area contributed by atoms with E-state index in [1.165, 1.54) is 11.1 Å². The van der Waals surface area contributed by atoms with Crippen LogP contribution in [0.5, 0.6) is 0 Å². The van der Waals surface area contributed by atoms with Gasteiger partial charge in [0.2, 0.25) is 0 Å². The topological polar surface area (TPSA) is 64.2 Å². The Morgan fingerprint density at radius 2 is 2.06 bits per heavy atom. The number of aromatic nitrogens is 2. The van der Waals surface area contributed by atoms with Crippen molar-refractivity contribution in [1.82, 2.24) is 9.55 Å². The van der Waals surface area contributed by atoms with E-state index in [1.807, 2.05) is 23.1 Å². The molecule has 2 aromatic rings. The van der Waals surface area contributed by atoms with Crippen molar-refractivity contribution in [3.8, 4) is 0 Å². The second-order valence-corrected chi connectivity index (χ2v) is 4.55. The molecule has 0 saturated heterocycles. The van der Waals surface area contributed by atoms with E-state index >= 15 is 0 Å². The zero-order valence-electron chi connectivity index (χ0n) is 10.1. The van der Waals surface area contributed by atoms with E-state index in [0.29, 0.717) is 18.9 Å². The third kappa shape index (κ3) is 1.64. The van der Waals surface area contributed by atoms with Crippen molar-refractivity contribution in [1.29, 1.82) is 0 Å². The summed E-state index contributed by atoms with van der Waals surface area (Å²) in [4.78, 5) is 18.2. The molecular formula is C13H14N4O. The molecule has 3 rings (SSSR count). The number of rotatable bonds is 1. The fraction of sp³-hybridized carbons (Fsp3) is 0.231. The molecule has 1 aliphatic rings. The van der Waals surface area contributed by atoms with Crippen LogP contribution >= 0.6 is 0 Å². The van der Waals surface area contributed by atoms with Gasteiger partial charge in [-0.3, -0.25) is 4.79 Å². The van der Waals surface area contributed by atoms with Gasteiger partial charge in [-0.25, -0.2) is 4.98 Å². The third-order valence-electron chi connectivity index (χ3n) is 3.25. The maximum Gasteiger partial charge on any atom is 0.293 e. The van der Waals surface area contributed by atoms with Crippen LogP contribution in [0.4, 0.5) is 11.5 Å². The average molecular weight is 242 g/mol. The molecule has 5 heteroatoms. The van der Waals surface area contributed by atoms with Crippen LogP contribution in [0.3, 0.4) is 0 Å². The summed E-state index contributed by atoms with van der Waals surface area (Å²) in [7, 11) is 1.73. The first-order valence-electron chi connectivity index (χ1n) is 5.79. The van der Waals surface area contributed by atoms with Crippen molar-refractivity contribution in [3.63, 3.8) is 0 Å². The number of anilines is 2. The fourth-order valence-electron chi connectivity index (χ4n) is 2.27. The molecule has 0 saturated carbocycles. The van der Waals surface area contributed by atoms with Crippen LogP contribution in [0, 0.1) is 0 Å². The van der Waals surface area contributed by atoms with E-state index in [4.69, 9.17) is 5.73 Å². The van der Waals surface area contributed by atoms with Gasteiger partial charge in [0.1, 0.15) is 0 Å². The maximum absolute atomic E-state index is 12.0. The van der Waals surface area contributed by atoms with Crippen LogP contribution < -0.4 is 16.2 Å². The van der Waals surface area contributed by atoms with Gasteiger partial charge in [-0.1, -0.05) is 6.07 Å². The molecule has 92 valence electrons. The Labute approximate surface area is 104 Å². The van der Waals surface area contributed by atoms with E-state index in [0.717, 1.165) is 5.69 Å². The van der Waals surface area contributed by atoms with Crippen molar-refractivity contribution in [3.05, 3.63) is 52.1 Å². The smallest absolute Gasteiger partial charge is 0.293 e. The predicted octanol–water partition coefficient (Wildman–Crippen LogP) is 0.883. The lowest BCUT2D eigenvalue weighted by Crippen LogP contribution is -2.28. The molecule has 0 amide bonds. The summed E-state index contributed by atoms with van der Waals surface area (Å²) >= 11 is 0. The Morgan fingerprint density at radius 1 is 1.28 bits per heavy atom. The highest BCUT2D eigenvalue weighted by Crippen LogP contribution is 2.26. The Bertz CT molecular complexity index is 662. The van der Waals surface area contributed by atoms with Crippen molar-refractivity contribution in [2.45, 2.75) is 13.1 Å². The molecule has 5 nitrogen and oxygen atoms in total. The molecule has 1 aliphatic heterocycles. The first kappa shape index (κ1) is 10.8. The Kier molecular flexibility index (Phi) is 2.33. The van der Waals surface area contributed by atoms with Crippen LogP contribution in [0.15, 0.2) is 35.4 Å². The highest BCUT2D eigenvalue weighted by molar-refractivity contribution is 5.52. The van der Waals surface area contributed by atoms with Crippen molar-refractivity contribution < 1.29 is 0 Å². The van der Waals surface area contributed by atoms with Gasteiger partial charge in [-0.15, -0.1) is 0 Å². The monoisotopic (exact) mass is 242 g/mol. The zero-order valence-corrected chi connectivity index (χ0v) is 10.1. The molecule has 0 unspecified atom stereocenters. The van der Waals surface area contributed by atoms with Gasteiger partial charge in [-0.2, -0.15) is 0 Å². The molecule has 0 radical (unpaired) electrons. The van der Waals surface area contributed by atoms with Crippen LogP contribution in [-0.4, -0.2) is 9.55 Å². The van der Waals surface area contributed by atoms with Gasteiger partial charge in [0.15, 0.2) is 5.82 Å². The van der Waals surface area contributed by atoms with E-state index < -0.39 is 0 Å². The van der Waals surface area contributed by atoms with Crippen LogP contribution in [0.25, 0.3) is 0 Å². The van der Waals surface area contributed by atoms with Crippen LogP contribution in [0.1, 0.15) is 11.1 Å². The second kappa shape index (κ2) is 3.87. The van der Waals surface area contributed by atoms with E-state index in [-0.39, 0.29) is 5.56 Å². The van der Waals surface area contributed by atoms with Gasteiger partial charge in [0, 0.05) is 38.2 Å². The van der Waals surface area contributed by atoms with Crippen LogP contribution in [-0.2, 0) is 20.1 Å². The third-order valence-corrected chi connectivity index (χ3v) is 3.25. The van der Waals surface area contributed by atoms with Gasteiger partial charge in [0.05, 0.1) is 0 Å². The summed E-state index contributed by atoms with van der Waals surface area (Å²) in [5.74, 6) is 0.495. The lowest BCUT2D eigenvalue weighted by Gasteiger charge is -2.15. The molecule has 2 N–H and O–H groups in total. The Morgan fingerprint density at radius 3 is 2.89 bits per heavy atom. The first-order chi connectivity index (χ1) is 8.65. The zero-order chi connectivity index (χ0) is 12.7. The van der Waals surface area contributed by atoms with E-state index in [9.17, 15) is 4.79 Å². The first-order valence-corrected chi connectivity index (χ1v) is 5.79. The minimum absolute atomic E-state index is 0.0710. The highest BCUT2D eigenvalue weighted by atomic mass is 16.1. The SMILES string of the molecule is Cn1ccnc(N2Cc3ccc(N)cc3C2)c1=O. The molecule has 0 spiro atoms. The number of fused-ring (bicyclic) bond motifs is 1. The molecule has 0 atom stereocenters. The summed E-state index contributed by atoms with van der Waals surface area (Å²) in [6.07, 6.45) is 3.31. The Hall–Kier alpha value is -2.30. The largest absolute Gasteiger partial charge is 0.399 e. The summed E-state index contributed by atoms with van der Waals surface area (Å²) < 4.78 is 1.54. The molecule has 1 aromatic heterocycles. The number of aryl methyl sites for hydroxylation is 1. The average Bonchev–Trinajstić information content (AvgIpc) is 2.75. The fourth-order valence-corrected chi connectivity index (χ4v) is 2.27. The molecular weight excluding hydrogens is 228 g/mol. The second-order valence-electron chi connectivity index (χ2n) is 4.55. The number of nitrogens with zero attached hydrogens (tertiary/aromatic N) is 3. The van der Waals surface area contributed by atoms with Gasteiger partial charge >= 0.3 is 0 Å². The lowest BCUT2D eigenvalue weighted by atomic mass is 10.1.